The van der Waals surface area contributed by atoms with Crippen molar-refractivity contribution in [3.05, 3.63) is 144 Å². The molecule has 0 bridgehead atoms. The van der Waals surface area contributed by atoms with Crippen LogP contribution in [0.3, 0.4) is 0 Å². The van der Waals surface area contributed by atoms with Gasteiger partial charge >= 0.3 is 21.2 Å². The summed E-state index contributed by atoms with van der Waals surface area (Å²) in [4.78, 5) is 13.0. The van der Waals surface area contributed by atoms with Crippen LogP contribution < -0.4 is 0 Å². The highest BCUT2D eigenvalue weighted by atomic mass is 31.2. The highest BCUT2D eigenvalue weighted by Crippen LogP contribution is 2.72. The zero-order valence-corrected chi connectivity index (χ0v) is 25.8. The van der Waals surface area contributed by atoms with Crippen molar-refractivity contribution in [1.82, 2.24) is 0 Å². The molecule has 0 atom stereocenters. The van der Waals surface area contributed by atoms with Crippen LogP contribution in [-0.2, 0) is 63.2 Å². The van der Waals surface area contributed by atoms with Crippen molar-refractivity contribution >= 4 is 21.2 Å². The first-order valence-electron chi connectivity index (χ1n) is 14.0. The summed E-state index contributed by atoms with van der Waals surface area (Å²) in [7, 11) is -8.83. The molecular weight excluding hydrogens is 586 g/mol. The van der Waals surface area contributed by atoms with Crippen LogP contribution in [0.2, 0.25) is 0 Å². The zero-order valence-electron chi connectivity index (χ0n) is 24.0. The molecule has 0 N–H and O–H groups in total. The molecule has 43 heavy (non-hydrogen) atoms. The maximum atomic E-state index is 14.9. The van der Waals surface area contributed by atoms with E-state index >= 15 is 0 Å². The molecule has 0 aliphatic rings. The Balaban J connectivity index is 1.73. The van der Waals surface area contributed by atoms with Crippen LogP contribution in [0.1, 0.15) is 35.6 Å². The van der Waals surface area contributed by atoms with Gasteiger partial charge in [0.05, 0.1) is 39.5 Å². The predicted molar refractivity (Wildman–Crippen MR) is 165 cm³/mol. The van der Waals surface area contributed by atoms with Gasteiger partial charge in [-0.15, -0.1) is 0 Å². The molecule has 4 aromatic carbocycles. The first-order chi connectivity index (χ1) is 20.9. The summed E-state index contributed by atoms with van der Waals surface area (Å²) < 4.78 is 59.1. The monoisotopic (exact) mass is 622 g/mol. The van der Waals surface area contributed by atoms with Crippen molar-refractivity contribution in [2.45, 2.75) is 45.2 Å². The summed E-state index contributed by atoms with van der Waals surface area (Å²) in [5.74, 6) is -0.730. The number of carbonyl (C=O) groups excluding carboxylic acids is 1. The lowest BCUT2D eigenvalue weighted by Crippen LogP contribution is -2.22. The third-order valence-corrected chi connectivity index (χ3v) is 11.9. The first kappa shape index (κ1) is 32.6. The lowest BCUT2D eigenvalue weighted by atomic mass is 10.2. The molecule has 0 spiro atoms. The second kappa shape index (κ2) is 16.5. The maximum absolute atomic E-state index is 14.9. The van der Waals surface area contributed by atoms with Crippen LogP contribution in [0.4, 0.5) is 0 Å². The summed E-state index contributed by atoms with van der Waals surface area (Å²) >= 11 is 0. The molecule has 0 amide bonds. The Kier molecular flexibility index (Phi) is 12.5. The molecule has 8 nitrogen and oxygen atoms in total. The van der Waals surface area contributed by atoms with E-state index in [9.17, 15) is 13.9 Å². The molecule has 10 heteroatoms. The zero-order chi connectivity index (χ0) is 30.4. The normalized spacial score (nSPS) is 11.9. The Labute approximate surface area is 253 Å². The quantitative estimate of drug-likeness (QED) is 0.0854. The summed E-state index contributed by atoms with van der Waals surface area (Å²) in [6.07, 6.45) is -0.574. The average Bonchev–Trinajstić information content (AvgIpc) is 3.05. The van der Waals surface area contributed by atoms with E-state index < -0.39 is 33.0 Å². The van der Waals surface area contributed by atoms with E-state index in [1.807, 2.05) is 72.8 Å². The third-order valence-electron chi connectivity index (χ3n) is 6.40. The Morgan fingerprint density at radius 2 is 0.814 bits per heavy atom. The van der Waals surface area contributed by atoms with Crippen LogP contribution in [0.5, 0.6) is 0 Å². The summed E-state index contributed by atoms with van der Waals surface area (Å²) in [5, 5.41) is -1.61. The summed E-state index contributed by atoms with van der Waals surface area (Å²) in [6, 6.07) is 36.4. The molecule has 4 aromatic rings. The highest BCUT2D eigenvalue weighted by Gasteiger charge is 2.53. The Bertz CT molecular complexity index is 1280. The molecule has 0 radical (unpaired) electrons. The first-order valence-corrected chi connectivity index (χ1v) is 17.2. The molecule has 0 heterocycles. The van der Waals surface area contributed by atoms with E-state index in [2.05, 4.69) is 0 Å². The van der Waals surface area contributed by atoms with Crippen molar-refractivity contribution in [3.63, 3.8) is 0 Å². The van der Waals surface area contributed by atoms with Crippen molar-refractivity contribution in [3.8, 4) is 0 Å². The Morgan fingerprint density at radius 1 is 0.535 bits per heavy atom. The van der Waals surface area contributed by atoms with Gasteiger partial charge in [-0.25, -0.2) is 0 Å². The fraction of sp³-hybridized carbons (Fsp3) is 0.242. The summed E-state index contributed by atoms with van der Waals surface area (Å²) in [5.41, 5.74) is 2.86. The molecule has 0 saturated heterocycles. The van der Waals surface area contributed by atoms with Crippen LogP contribution >= 0.6 is 15.2 Å². The van der Waals surface area contributed by atoms with E-state index in [0.29, 0.717) is 22.3 Å². The molecule has 0 aliphatic heterocycles. The van der Waals surface area contributed by atoms with Crippen molar-refractivity contribution in [1.29, 1.82) is 0 Å². The molecule has 0 unspecified atom stereocenters. The fourth-order valence-electron chi connectivity index (χ4n) is 4.14. The number of benzene rings is 4. The van der Waals surface area contributed by atoms with Gasteiger partial charge in [0, 0.05) is 0 Å². The largest absolute Gasteiger partial charge is 0.466 e. The van der Waals surface area contributed by atoms with Crippen LogP contribution in [0.15, 0.2) is 121 Å². The van der Waals surface area contributed by atoms with Gasteiger partial charge in [-0.3, -0.25) is 13.9 Å². The van der Waals surface area contributed by atoms with Gasteiger partial charge in [0.15, 0.2) is 5.40 Å². The maximum Gasteiger partial charge on any atom is 0.347 e. The standard InChI is InChI=1S/C33H36O8P2/c1-2-37-32(34)23-33(42(35,38-24-28-15-7-3-8-16-28)39-25-29-17-9-4-10-18-29)43(36,40-26-30-19-11-5-12-20-30)41-27-31-21-13-6-14-22-31/h3-22,33H,2,23-27H2,1H3. The van der Waals surface area contributed by atoms with Gasteiger partial charge in [0.2, 0.25) is 0 Å². The Morgan fingerprint density at radius 3 is 1.07 bits per heavy atom. The topological polar surface area (TPSA) is 97.4 Å². The molecule has 0 aliphatic carbocycles. The van der Waals surface area contributed by atoms with E-state index in [4.69, 9.17) is 22.8 Å². The van der Waals surface area contributed by atoms with Gasteiger partial charge in [-0.2, -0.15) is 0 Å². The van der Waals surface area contributed by atoms with Crippen molar-refractivity contribution < 1.29 is 36.8 Å². The minimum Gasteiger partial charge on any atom is -0.466 e. The van der Waals surface area contributed by atoms with Gasteiger partial charge in [-0.05, 0) is 29.2 Å². The van der Waals surface area contributed by atoms with Crippen molar-refractivity contribution in [2.75, 3.05) is 6.61 Å². The minimum absolute atomic E-state index is 0.0750. The van der Waals surface area contributed by atoms with Gasteiger partial charge in [0.1, 0.15) is 0 Å². The summed E-state index contributed by atoms with van der Waals surface area (Å²) in [6.45, 7) is 1.24. The van der Waals surface area contributed by atoms with Gasteiger partial charge in [0.25, 0.3) is 0 Å². The van der Waals surface area contributed by atoms with E-state index in [0.717, 1.165) is 0 Å². The average molecular weight is 623 g/mol. The predicted octanol–water partition coefficient (Wildman–Crippen LogP) is 8.52. The lowest BCUT2D eigenvalue weighted by Gasteiger charge is -2.32. The second-order valence-electron chi connectivity index (χ2n) is 9.61. The van der Waals surface area contributed by atoms with Crippen LogP contribution in [0.25, 0.3) is 0 Å². The van der Waals surface area contributed by atoms with E-state index in [1.54, 1.807) is 55.5 Å². The van der Waals surface area contributed by atoms with Crippen molar-refractivity contribution in [2.24, 2.45) is 0 Å². The number of carbonyl (C=O) groups is 1. The smallest absolute Gasteiger partial charge is 0.347 e. The van der Waals surface area contributed by atoms with E-state index in [1.165, 1.54) is 0 Å². The number of hydrogen-bond donors (Lipinski definition) is 0. The van der Waals surface area contributed by atoms with Gasteiger partial charge < -0.3 is 22.8 Å². The van der Waals surface area contributed by atoms with Gasteiger partial charge in [-0.1, -0.05) is 121 Å². The number of rotatable bonds is 17. The van der Waals surface area contributed by atoms with Crippen LogP contribution in [0, 0.1) is 0 Å². The highest BCUT2D eigenvalue weighted by molar-refractivity contribution is 7.72. The fourth-order valence-corrected chi connectivity index (χ4v) is 9.22. The lowest BCUT2D eigenvalue weighted by molar-refractivity contribution is -0.143. The number of hydrogen-bond acceptors (Lipinski definition) is 8. The molecule has 4 rings (SSSR count). The minimum atomic E-state index is -4.42. The second-order valence-corrected chi connectivity index (χ2v) is 14.5. The molecule has 0 aromatic heterocycles. The molecule has 226 valence electrons. The third kappa shape index (κ3) is 10.1. The molecule has 0 saturated carbocycles. The molecular formula is C33H36O8P2. The number of ether oxygens (including phenoxy) is 1. The SMILES string of the molecule is CCOC(=O)CC(P(=O)(OCc1ccccc1)OCc1ccccc1)P(=O)(OCc1ccccc1)OCc1ccccc1. The van der Waals surface area contributed by atoms with Crippen LogP contribution in [-0.4, -0.2) is 18.0 Å². The molecule has 0 fully saturated rings. The Hall–Kier alpha value is -3.35. The van der Waals surface area contributed by atoms with E-state index in [-0.39, 0.29) is 33.0 Å². The number of esters is 1.